The Labute approximate surface area is 66.5 Å². The van der Waals surface area contributed by atoms with Gasteiger partial charge in [0.2, 0.25) is 0 Å². The van der Waals surface area contributed by atoms with Crippen LogP contribution in [0.15, 0.2) is 15.9 Å². The first-order valence-electron chi connectivity index (χ1n) is 2.66. The lowest BCUT2D eigenvalue weighted by Gasteiger charge is -1.86. The van der Waals surface area contributed by atoms with E-state index in [1.54, 1.807) is 11.3 Å². The van der Waals surface area contributed by atoms with Crippen molar-refractivity contribution in [3.05, 3.63) is 20.8 Å². The minimum Gasteiger partial charge on any atom is -0.396 e. The number of hydrogen-bond donors (Lipinski definition) is 1. The molecule has 0 aliphatic heterocycles. The summed E-state index contributed by atoms with van der Waals surface area (Å²) in [5.41, 5.74) is 0. The summed E-state index contributed by atoms with van der Waals surface area (Å²) in [7, 11) is 0. The fourth-order valence-electron chi connectivity index (χ4n) is 0.595. The lowest BCUT2D eigenvalue weighted by atomic mass is 10.4. The third-order valence-electron chi connectivity index (χ3n) is 0.980. The highest BCUT2D eigenvalue weighted by atomic mass is 79.9. The molecule has 0 amide bonds. The SMILES string of the molecule is OCCc1cc(Br)cs1. The Hall–Kier alpha value is 0.140. The number of hydrogen-bond acceptors (Lipinski definition) is 2. The van der Waals surface area contributed by atoms with Gasteiger partial charge < -0.3 is 5.11 Å². The smallest absolute Gasteiger partial charge is 0.0479 e. The van der Waals surface area contributed by atoms with E-state index < -0.39 is 0 Å². The van der Waals surface area contributed by atoms with Crippen LogP contribution in [0.2, 0.25) is 0 Å². The molecule has 0 saturated heterocycles. The Morgan fingerprint density at radius 3 is 2.89 bits per heavy atom. The predicted molar refractivity (Wildman–Crippen MR) is 42.8 cm³/mol. The van der Waals surface area contributed by atoms with Crippen LogP contribution < -0.4 is 0 Å². The molecule has 0 aliphatic rings. The molecule has 1 rings (SSSR count). The average Bonchev–Trinajstić information content (AvgIpc) is 2.17. The molecule has 1 aromatic rings. The van der Waals surface area contributed by atoms with Crippen LogP contribution in [0, 0.1) is 0 Å². The zero-order valence-corrected chi connectivity index (χ0v) is 7.20. The Morgan fingerprint density at radius 2 is 2.44 bits per heavy atom. The van der Waals surface area contributed by atoms with Gasteiger partial charge in [-0.3, -0.25) is 0 Å². The number of aliphatic hydroxyl groups is 1. The summed E-state index contributed by atoms with van der Waals surface area (Å²) in [4.78, 5) is 1.23. The van der Waals surface area contributed by atoms with Crippen molar-refractivity contribution in [2.24, 2.45) is 0 Å². The van der Waals surface area contributed by atoms with Crippen molar-refractivity contribution in [2.75, 3.05) is 6.61 Å². The number of rotatable bonds is 2. The molecule has 1 heterocycles. The number of thiophene rings is 1. The molecule has 1 nitrogen and oxygen atoms in total. The molecule has 0 fully saturated rings. The number of halogens is 1. The fourth-order valence-corrected chi connectivity index (χ4v) is 2.04. The Morgan fingerprint density at radius 1 is 1.67 bits per heavy atom. The maximum absolute atomic E-state index is 8.52. The van der Waals surface area contributed by atoms with E-state index >= 15 is 0 Å². The van der Waals surface area contributed by atoms with Gasteiger partial charge in [0.15, 0.2) is 0 Å². The summed E-state index contributed by atoms with van der Waals surface area (Å²) in [5.74, 6) is 0. The summed E-state index contributed by atoms with van der Waals surface area (Å²) in [6, 6.07) is 2.03. The predicted octanol–water partition coefficient (Wildman–Crippen LogP) is 2.05. The molecule has 3 heteroatoms. The molecule has 0 saturated carbocycles. The van der Waals surface area contributed by atoms with Crippen molar-refractivity contribution in [1.29, 1.82) is 0 Å². The first kappa shape index (κ1) is 7.25. The van der Waals surface area contributed by atoms with E-state index in [-0.39, 0.29) is 6.61 Å². The highest BCUT2D eigenvalue weighted by molar-refractivity contribution is 9.10. The quantitative estimate of drug-likeness (QED) is 0.786. The molecule has 0 atom stereocenters. The van der Waals surface area contributed by atoms with Crippen molar-refractivity contribution in [3.8, 4) is 0 Å². The molecular weight excluding hydrogens is 200 g/mol. The van der Waals surface area contributed by atoms with Crippen molar-refractivity contribution < 1.29 is 5.11 Å². The minimum absolute atomic E-state index is 0.243. The Kier molecular flexibility index (Phi) is 2.69. The van der Waals surface area contributed by atoms with Crippen LogP contribution in [-0.2, 0) is 6.42 Å². The summed E-state index contributed by atoms with van der Waals surface area (Å²) in [6.07, 6.45) is 0.774. The average molecular weight is 207 g/mol. The van der Waals surface area contributed by atoms with Gasteiger partial charge in [-0.2, -0.15) is 0 Å². The highest BCUT2D eigenvalue weighted by Crippen LogP contribution is 2.19. The summed E-state index contributed by atoms with van der Waals surface area (Å²) in [5, 5.41) is 10.5. The van der Waals surface area contributed by atoms with Crippen molar-refractivity contribution in [3.63, 3.8) is 0 Å². The van der Waals surface area contributed by atoms with Crippen LogP contribution in [0.25, 0.3) is 0 Å². The van der Waals surface area contributed by atoms with Crippen LogP contribution in [0.4, 0.5) is 0 Å². The molecule has 1 N–H and O–H groups in total. The van der Waals surface area contributed by atoms with Gasteiger partial charge in [0, 0.05) is 27.8 Å². The van der Waals surface area contributed by atoms with E-state index in [2.05, 4.69) is 15.9 Å². The van der Waals surface area contributed by atoms with Gasteiger partial charge in [-0.1, -0.05) is 0 Å². The zero-order valence-electron chi connectivity index (χ0n) is 4.80. The zero-order chi connectivity index (χ0) is 6.69. The van der Waals surface area contributed by atoms with Gasteiger partial charge in [0.25, 0.3) is 0 Å². The van der Waals surface area contributed by atoms with Crippen molar-refractivity contribution >= 4 is 27.3 Å². The van der Waals surface area contributed by atoms with Gasteiger partial charge in [-0.05, 0) is 22.0 Å². The lowest BCUT2D eigenvalue weighted by molar-refractivity contribution is 0.300. The molecule has 0 unspecified atom stereocenters. The van der Waals surface area contributed by atoms with Gasteiger partial charge in [0.05, 0.1) is 0 Å². The Balaban J connectivity index is 2.61. The van der Waals surface area contributed by atoms with E-state index in [4.69, 9.17) is 5.11 Å². The first-order valence-corrected chi connectivity index (χ1v) is 4.34. The molecule has 50 valence electrons. The van der Waals surface area contributed by atoms with Crippen LogP contribution in [0.1, 0.15) is 4.88 Å². The third kappa shape index (κ3) is 2.08. The summed E-state index contributed by atoms with van der Waals surface area (Å²) in [6.45, 7) is 0.243. The van der Waals surface area contributed by atoms with E-state index in [1.165, 1.54) is 4.88 Å². The molecule has 0 bridgehead atoms. The topological polar surface area (TPSA) is 20.2 Å². The lowest BCUT2D eigenvalue weighted by Crippen LogP contribution is -1.84. The van der Waals surface area contributed by atoms with E-state index in [9.17, 15) is 0 Å². The second-order valence-electron chi connectivity index (χ2n) is 1.70. The normalized spacial score (nSPS) is 10.0. The second kappa shape index (κ2) is 3.34. The third-order valence-corrected chi connectivity index (χ3v) is 2.74. The standard InChI is InChI=1S/C6H7BrOS/c7-5-3-6(1-2-8)9-4-5/h3-4,8H,1-2H2. The van der Waals surface area contributed by atoms with Gasteiger partial charge in [0.1, 0.15) is 0 Å². The second-order valence-corrected chi connectivity index (χ2v) is 3.62. The van der Waals surface area contributed by atoms with Gasteiger partial charge >= 0.3 is 0 Å². The molecule has 9 heavy (non-hydrogen) atoms. The van der Waals surface area contributed by atoms with E-state index in [0.717, 1.165) is 10.9 Å². The van der Waals surface area contributed by atoms with Crippen LogP contribution in [-0.4, -0.2) is 11.7 Å². The molecule has 0 aliphatic carbocycles. The molecule has 0 radical (unpaired) electrons. The minimum atomic E-state index is 0.243. The van der Waals surface area contributed by atoms with E-state index in [0.29, 0.717) is 0 Å². The number of aliphatic hydroxyl groups excluding tert-OH is 1. The fraction of sp³-hybridized carbons (Fsp3) is 0.333. The summed E-state index contributed by atoms with van der Waals surface area (Å²) >= 11 is 5.00. The van der Waals surface area contributed by atoms with Crippen molar-refractivity contribution in [2.45, 2.75) is 6.42 Å². The Bertz CT molecular complexity index is 185. The van der Waals surface area contributed by atoms with Crippen molar-refractivity contribution in [1.82, 2.24) is 0 Å². The van der Waals surface area contributed by atoms with Gasteiger partial charge in [-0.25, -0.2) is 0 Å². The molecule has 1 aromatic heterocycles. The largest absolute Gasteiger partial charge is 0.396 e. The monoisotopic (exact) mass is 206 g/mol. The van der Waals surface area contributed by atoms with Gasteiger partial charge in [-0.15, -0.1) is 11.3 Å². The van der Waals surface area contributed by atoms with Crippen LogP contribution in [0.3, 0.4) is 0 Å². The van der Waals surface area contributed by atoms with Crippen LogP contribution in [0.5, 0.6) is 0 Å². The van der Waals surface area contributed by atoms with E-state index in [1.807, 2.05) is 11.4 Å². The maximum Gasteiger partial charge on any atom is 0.0479 e. The highest BCUT2D eigenvalue weighted by Gasteiger charge is 1.94. The first-order chi connectivity index (χ1) is 4.33. The van der Waals surface area contributed by atoms with Crippen LogP contribution >= 0.6 is 27.3 Å². The molecule has 0 spiro atoms. The molecule has 0 aromatic carbocycles. The summed E-state index contributed by atoms with van der Waals surface area (Å²) < 4.78 is 1.11. The maximum atomic E-state index is 8.52. The molecular formula is C6H7BrOS.